The smallest absolute Gasteiger partial charge is 0.316 e. The van der Waals surface area contributed by atoms with Crippen molar-refractivity contribution in [2.75, 3.05) is 33.3 Å². The number of esters is 1. The van der Waals surface area contributed by atoms with Gasteiger partial charge in [-0.05, 0) is 44.6 Å². The summed E-state index contributed by atoms with van der Waals surface area (Å²) in [6.45, 7) is 7.50. The molecule has 0 aliphatic heterocycles. The van der Waals surface area contributed by atoms with Crippen LogP contribution in [0.3, 0.4) is 0 Å². The van der Waals surface area contributed by atoms with E-state index in [1.54, 1.807) is 0 Å². The molecule has 0 aromatic heterocycles. The van der Waals surface area contributed by atoms with Gasteiger partial charge in [0.2, 0.25) is 0 Å². The number of allylic oxidation sites excluding steroid dienone is 2. The fourth-order valence-electron chi connectivity index (χ4n) is 3.53. The second-order valence-corrected chi connectivity index (χ2v) is 7.57. The van der Waals surface area contributed by atoms with Crippen LogP contribution in [0.4, 0.5) is 0 Å². The minimum atomic E-state index is -0.715. The first-order valence-corrected chi connectivity index (χ1v) is 9.89. The first-order valence-electron chi connectivity index (χ1n) is 9.89. The maximum atomic E-state index is 12.9. The number of benzene rings is 1. The van der Waals surface area contributed by atoms with E-state index in [1.165, 1.54) is 0 Å². The molecule has 1 aromatic carbocycles. The Bertz CT molecular complexity index is 580. The van der Waals surface area contributed by atoms with Gasteiger partial charge >= 0.3 is 5.97 Å². The van der Waals surface area contributed by atoms with Crippen LogP contribution in [-0.2, 0) is 9.53 Å². The summed E-state index contributed by atoms with van der Waals surface area (Å²) in [5.74, 6) is -0.822. The van der Waals surface area contributed by atoms with E-state index in [9.17, 15) is 9.90 Å². The number of aliphatic hydroxyl groups is 1. The van der Waals surface area contributed by atoms with Crippen molar-refractivity contribution < 1.29 is 19.1 Å². The quantitative estimate of drug-likeness (QED) is 0.416. The number of carbonyl (C=O) groups is 1. The largest absolute Gasteiger partial charge is 0.459 e. The molecule has 0 saturated heterocycles. The van der Waals surface area contributed by atoms with E-state index in [2.05, 4.69) is 33.0 Å². The third-order valence-electron chi connectivity index (χ3n) is 5.95. The topological polar surface area (TPSA) is 46.5 Å². The number of aliphatic hydroxyl groups excluding tert-OH is 1. The maximum Gasteiger partial charge on any atom is 0.316 e. The van der Waals surface area contributed by atoms with Gasteiger partial charge in [-0.25, -0.2) is 0 Å². The highest BCUT2D eigenvalue weighted by atomic mass is 16.5. The van der Waals surface area contributed by atoms with Gasteiger partial charge in [0.1, 0.15) is 19.1 Å². The molecule has 4 nitrogen and oxygen atoms in total. The fourth-order valence-corrected chi connectivity index (χ4v) is 3.53. The second-order valence-electron chi connectivity index (χ2n) is 7.57. The Balaban J connectivity index is 2.08. The molecule has 144 valence electrons. The van der Waals surface area contributed by atoms with Gasteiger partial charge in [0.25, 0.3) is 0 Å². The lowest BCUT2D eigenvalue weighted by molar-refractivity contribution is -0.906. The first kappa shape index (κ1) is 20.7. The van der Waals surface area contributed by atoms with Gasteiger partial charge in [0.15, 0.2) is 0 Å². The Morgan fingerprint density at radius 2 is 1.92 bits per heavy atom. The summed E-state index contributed by atoms with van der Waals surface area (Å²) in [4.78, 5) is 12.9. The lowest BCUT2D eigenvalue weighted by Gasteiger charge is -2.33. The van der Waals surface area contributed by atoms with Crippen LogP contribution in [0.25, 0.3) is 0 Å². The highest BCUT2D eigenvalue weighted by molar-refractivity contribution is 5.79. The van der Waals surface area contributed by atoms with Gasteiger partial charge in [-0.3, -0.25) is 4.79 Å². The summed E-state index contributed by atoms with van der Waals surface area (Å²) in [5.41, 5.74) is 0.836. The third kappa shape index (κ3) is 5.42. The lowest BCUT2D eigenvalue weighted by Crippen LogP contribution is -2.46. The highest BCUT2D eigenvalue weighted by Gasteiger charge is 2.35. The van der Waals surface area contributed by atoms with Gasteiger partial charge in [-0.15, -0.1) is 0 Å². The highest BCUT2D eigenvalue weighted by Crippen LogP contribution is 2.32. The monoisotopic (exact) mass is 360 g/mol. The van der Waals surface area contributed by atoms with Gasteiger partial charge in [-0.2, -0.15) is 0 Å². The van der Waals surface area contributed by atoms with Crippen molar-refractivity contribution in [1.82, 2.24) is 0 Å². The molecule has 0 unspecified atom stereocenters. The van der Waals surface area contributed by atoms with Gasteiger partial charge in [0, 0.05) is 0 Å². The van der Waals surface area contributed by atoms with Crippen LogP contribution in [0, 0.1) is 5.92 Å². The summed E-state index contributed by atoms with van der Waals surface area (Å²) in [6, 6.07) is 9.56. The molecular weight excluding hydrogens is 326 g/mol. The number of hydrogen-bond acceptors (Lipinski definition) is 3. The number of ether oxygens (including phenoxy) is 1. The predicted molar refractivity (Wildman–Crippen MR) is 105 cm³/mol. The van der Waals surface area contributed by atoms with Crippen molar-refractivity contribution >= 4 is 5.97 Å². The molecule has 0 fully saturated rings. The van der Waals surface area contributed by atoms with Crippen molar-refractivity contribution in [3.63, 3.8) is 0 Å². The lowest BCUT2D eigenvalue weighted by atomic mass is 9.80. The van der Waals surface area contributed by atoms with E-state index in [-0.39, 0.29) is 11.9 Å². The molecule has 1 aromatic rings. The molecule has 1 N–H and O–H groups in total. The molecule has 0 spiro atoms. The summed E-state index contributed by atoms with van der Waals surface area (Å²) in [6.07, 6.45) is 6.23. The van der Waals surface area contributed by atoms with E-state index in [4.69, 9.17) is 4.74 Å². The number of quaternary nitrogens is 1. The van der Waals surface area contributed by atoms with Crippen LogP contribution in [0.15, 0.2) is 42.5 Å². The molecule has 1 aliphatic carbocycles. The van der Waals surface area contributed by atoms with Crippen molar-refractivity contribution in [3.05, 3.63) is 48.0 Å². The SMILES string of the molecule is CC[N+](C)(CC)CCOC(=O)[C@@H](c1ccccc1)[C@@H](O)[C@H]1CC=CCC1. The predicted octanol–water partition coefficient (Wildman–Crippen LogP) is 3.52. The zero-order chi connectivity index (χ0) is 19.0. The minimum Gasteiger partial charge on any atom is -0.459 e. The van der Waals surface area contributed by atoms with Crippen molar-refractivity contribution in [3.8, 4) is 0 Å². The summed E-state index contributed by atoms with van der Waals surface area (Å²) >= 11 is 0. The Morgan fingerprint density at radius 1 is 1.23 bits per heavy atom. The molecule has 1 aliphatic rings. The Hall–Kier alpha value is -1.65. The van der Waals surface area contributed by atoms with Crippen molar-refractivity contribution in [2.24, 2.45) is 5.92 Å². The van der Waals surface area contributed by atoms with Crippen LogP contribution in [-0.4, -0.2) is 55.0 Å². The average molecular weight is 361 g/mol. The number of hydrogen-bond donors (Lipinski definition) is 1. The molecule has 2 rings (SSSR count). The molecule has 0 saturated carbocycles. The molecule has 3 atom stereocenters. The third-order valence-corrected chi connectivity index (χ3v) is 5.95. The second kappa shape index (κ2) is 9.89. The molecule has 0 heterocycles. The van der Waals surface area contributed by atoms with Crippen LogP contribution >= 0.6 is 0 Å². The fraction of sp³-hybridized carbons (Fsp3) is 0.591. The molecule has 0 amide bonds. The maximum absolute atomic E-state index is 12.9. The Morgan fingerprint density at radius 3 is 2.50 bits per heavy atom. The van der Waals surface area contributed by atoms with Crippen LogP contribution in [0.5, 0.6) is 0 Å². The minimum absolute atomic E-state index is 0.102. The first-order chi connectivity index (χ1) is 12.5. The summed E-state index contributed by atoms with van der Waals surface area (Å²) in [5, 5.41) is 11.0. The number of carbonyl (C=O) groups excluding carboxylic acids is 1. The summed E-state index contributed by atoms with van der Waals surface area (Å²) in [7, 11) is 2.17. The van der Waals surface area contributed by atoms with E-state index in [0.29, 0.717) is 6.61 Å². The number of likely N-dealkylation sites (N-methyl/N-ethyl adjacent to an activating group) is 1. The van der Waals surface area contributed by atoms with Crippen molar-refractivity contribution in [1.29, 1.82) is 0 Å². The van der Waals surface area contributed by atoms with Gasteiger partial charge in [-0.1, -0.05) is 42.5 Å². The van der Waals surface area contributed by atoms with Gasteiger partial charge < -0.3 is 14.3 Å². The number of rotatable bonds is 9. The van der Waals surface area contributed by atoms with Crippen molar-refractivity contribution in [2.45, 2.75) is 45.1 Å². The molecular formula is C22H34NO3+. The average Bonchev–Trinajstić information content (AvgIpc) is 2.69. The number of nitrogens with zero attached hydrogens (tertiary/aromatic N) is 1. The van der Waals surface area contributed by atoms with Crippen LogP contribution in [0.2, 0.25) is 0 Å². The molecule has 0 radical (unpaired) electrons. The molecule has 0 bridgehead atoms. The zero-order valence-electron chi connectivity index (χ0n) is 16.4. The van der Waals surface area contributed by atoms with Gasteiger partial charge in [0.05, 0.1) is 26.2 Å². The van der Waals surface area contributed by atoms with Crippen LogP contribution in [0.1, 0.15) is 44.6 Å². The zero-order valence-corrected chi connectivity index (χ0v) is 16.4. The van der Waals surface area contributed by atoms with E-state index < -0.39 is 12.0 Å². The summed E-state index contributed by atoms with van der Waals surface area (Å²) < 4.78 is 6.51. The van der Waals surface area contributed by atoms with Crippen LogP contribution < -0.4 is 0 Å². The Kier molecular flexibility index (Phi) is 7.85. The van der Waals surface area contributed by atoms with E-state index >= 15 is 0 Å². The van der Waals surface area contributed by atoms with E-state index in [1.807, 2.05) is 30.3 Å². The standard InChI is InChI=1S/C22H34NO3/c1-4-23(3,5-2)16-17-26-22(25)20(18-12-8-6-9-13-18)21(24)19-14-10-7-11-15-19/h6-10,12-13,19-21,24H,4-5,11,14-17H2,1-3H3/q+1/t19-,20-,21-/m0/s1. The normalized spacial score (nSPS) is 19.8. The molecule has 4 heteroatoms. The molecule has 26 heavy (non-hydrogen) atoms. The van der Waals surface area contributed by atoms with E-state index in [0.717, 1.165) is 48.9 Å². The Labute approximate surface area is 158 Å².